The van der Waals surface area contributed by atoms with Crippen LogP contribution in [0.1, 0.15) is 45.1 Å². The monoisotopic (exact) mass is 477 g/mol. The predicted molar refractivity (Wildman–Crippen MR) is 133 cm³/mol. The van der Waals surface area contributed by atoms with Crippen LogP contribution in [0, 0.1) is 23.7 Å². The SMILES string of the molecule is C=C1C(C)C2C(Cc3ccccc3)NC(=O)C23OC(=O)C=CC(=O)CCCC(C)CC=CC3C1O. The summed E-state index contributed by atoms with van der Waals surface area (Å²) in [5.74, 6) is -2.46. The van der Waals surface area contributed by atoms with Crippen LogP contribution >= 0.6 is 0 Å². The maximum Gasteiger partial charge on any atom is 0.331 e. The van der Waals surface area contributed by atoms with E-state index in [4.69, 9.17) is 4.74 Å². The summed E-state index contributed by atoms with van der Waals surface area (Å²) < 4.78 is 6.01. The number of carbonyl (C=O) groups excluding carboxylic acids is 3. The summed E-state index contributed by atoms with van der Waals surface area (Å²) in [6, 6.07) is 9.53. The molecule has 1 aromatic rings. The zero-order valence-corrected chi connectivity index (χ0v) is 20.5. The number of allylic oxidation sites excluding steroid dienone is 2. The number of aliphatic hydroxyl groups is 1. The van der Waals surface area contributed by atoms with Crippen molar-refractivity contribution in [3.8, 4) is 0 Å². The van der Waals surface area contributed by atoms with Crippen molar-refractivity contribution in [2.75, 3.05) is 0 Å². The number of rotatable bonds is 2. The molecule has 2 fully saturated rings. The van der Waals surface area contributed by atoms with Crippen molar-refractivity contribution in [3.05, 3.63) is 72.4 Å². The number of amides is 1. The average Bonchev–Trinajstić information content (AvgIpc) is 3.09. The molecule has 2 heterocycles. The second kappa shape index (κ2) is 10.3. The van der Waals surface area contributed by atoms with Crippen molar-refractivity contribution < 1.29 is 24.2 Å². The molecular weight excluding hydrogens is 442 g/mol. The molecule has 1 spiro atoms. The molecule has 1 saturated carbocycles. The minimum absolute atomic E-state index is 0.143. The highest BCUT2D eigenvalue weighted by atomic mass is 16.6. The third-order valence-corrected chi connectivity index (χ3v) is 7.91. The number of aliphatic hydroxyl groups excluding tert-OH is 1. The molecule has 1 amide bonds. The van der Waals surface area contributed by atoms with Gasteiger partial charge in [0, 0.05) is 24.5 Å². The first-order valence-electron chi connectivity index (χ1n) is 12.6. The molecule has 1 aliphatic carbocycles. The van der Waals surface area contributed by atoms with Crippen LogP contribution in [0.4, 0.5) is 0 Å². The number of ketones is 1. The molecule has 0 bridgehead atoms. The lowest BCUT2D eigenvalue weighted by Gasteiger charge is -2.49. The molecule has 2 N–H and O–H groups in total. The second-order valence-corrected chi connectivity index (χ2v) is 10.3. The van der Waals surface area contributed by atoms with E-state index in [0.717, 1.165) is 30.9 Å². The molecule has 7 unspecified atom stereocenters. The maximum absolute atomic E-state index is 13.7. The van der Waals surface area contributed by atoms with Crippen LogP contribution in [-0.2, 0) is 25.5 Å². The molecule has 186 valence electrons. The van der Waals surface area contributed by atoms with Crippen LogP contribution in [0.25, 0.3) is 0 Å². The molecule has 2 aliphatic heterocycles. The average molecular weight is 478 g/mol. The molecule has 1 aromatic carbocycles. The highest BCUT2D eigenvalue weighted by Crippen LogP contribution is 2.52. The first-order chi connectivity index (χ1) is 16.7. The topological polar surface area (TPSA) is 92.7 Å². The van der Waals surface area contributed by atoms with E-state index in [9.17, 15) is 19.5 Å². The van der Waals surface area contributed by atoms with Gasteiger partial charge in [-0.3, -0.25) is 9.59 Å². The zero-order chi connectivity index (χ0) is 25.2. The van der Waals surface area contributed by atoms with Crippen LogP contribution in [0.3, 0.4) is 0 Å². The number of hydrogen-bond acceptors (Lipinski definition) is 5. The number of carbonyl (C=O) groups is 3. The van der Waals surface area contributed by atoms with E-state index in [0.29, 0.717) is 24.3 Å². The minimum Gasteiger partial charge on any atom is -0.445 e. The Morgan fingerprint density at radius 2 is 1.89 bits per heavy atom. The Labute approximate surface area is 207 Å². The number of nitrogens with one attached hydrogen (secondary N) is 1. The van der Waals surface area contributed by atoms with Crippen molar-refractivity contribution in [1.82, 2.24) is 5.32 Å². The van der Waals surface area contributed by atoms with Gasteiger partial charge in [0.25, 0.3) is 5.91 Å². The fraction of sp³-hybridized carbons (Fsp3) is 0.483. The molecule has 3 aliphatic rings. The van der Waals surface area contributed by atoms with E-state index in [2.05, 4.69) is 18.8 Å². The van der Waals surface area contributed by atoms with Crippen molar-refractivity contribution >= 4 is 17.7 Å². The predicted octanol–water partition coefficient (Wildman–Crippen LogP) is 3.70. The number of hydrogen-bond donors (Lipinski definition) is 2. The van der Waals surface area contributed by atoms with E-state index in [1.54, 1.807) is 0 Å². The van der Waals surface area contributed by atoms with Gasteiger partial charge in [-0.2, -0.15) is 0 Å². The maximum atomic E-state index is 13.7. The van der Waals surface area contributed by atoms with Crippen LogP contribution in [0.15, 0.2) is 66.8 Å². The van der Waals surface area contributed by atoms with E-state index < -0.39 is 35.4 Å². The van der Waals surface area contributed by atoms with E-state index in [1.165, 1.54) is 6.08 Å². The molecular formula is C29H35NO5. The van der Waals surface area contributed by atoms with Gasteiger partial charge in [-0.15, -0.1) is 0 Å². The summed E-state index contributed by atoms with van der Waals surface area (Å²) in [5.41, 5.74) is 0.0801. The Bertz CT molecular complexity index is 1040. The standard InChI is InChI=1S/C29H35NO5/c1-18-9-7-13-22(31)15-16-25(32)35-29-23(14-8-10-18)27(33)20(3)19(2)26(29)24(30-28(29)34)17-21-11-5-4-6-12-21/h4-6,8,11-12,14-16,18-19,23-24,26-27,33H,3,7,9-10,13,17H2,1-2H3,(H,30,34). The van der Waals surface area contributed by atoms with Crippen LogP contribution in [0.5, 0.6) is 0 Å². The van der Waals surface area contributed by atoms with Crippen molar-refractivity contribution in [2.24, 2.45) is 23.7 Å². The fourth-order valence-electron chi connectivity index (χ4n) is 6.00. The lowest BCUT2D eigenvalue weighted by Crippen LogP contribution is -2.61. The summed E-state index contributed by atoms with van der Waals surface area (Å²) in [6.45, 7) is 8.21. The first kappa shape index (κ1) is 25.1. The van der Waals surface area contributed by atoms with Gasteiger partial charge >= 0.3 is 5.97 Å². The van der Waals surface area contributed by atoms with Gasteiger partial charge in [-0.25, -0.2) is 4.79 Å². The summed E-state index contributed by atoms with van der Waals surface area (Å²) in [4.78, 5) is 38.9. The third kappa shape index (κ3) is 4.90. The van der Waals surface area contributed by atoms with Gasteiger partial charge in [0.2, 0.25) is 5.60 Å². The van der Waals surface area contributed by atoms with Crippen LogP contribution in [-0.4, -0.2) is 40.5 Å². The quantitative estimate of drug-likeness (QED) is 0.501. The minimum atomic E-state index is -1.60. The summed E-state index contributed by atoms with van der Waals surface area (Å²) in [7, 11) is 0. The van der Waals surface area contributed by atoms with Crippen LogP contribution in [0.2, 0.25) is 0 Å². The smallest absolute Gasteiger partial charge is 0.331 e. The molecule has 7 atom stereocenters. The summed E-state index contributed by atoms with van der Waals surface area (Å²) >= 11 is 0. The van der Waals surface area contributed by atoms with E-state index in [1.807, 2.05) is 49.4 Å². The lowest BCUT2D eigenvalue weighted by molar-refractivity contribution is -0.182. The first-order valence-corrected chi connectivity index (χ1v) is 12.6. The molecule has 4 rings (SSSR count). The molecule has 35 heavy (non-hydrogen) atoms. The lowest BCUT2D eigenvalue weighted by atomic mass is 9.59. The number of esters is 1. The Kier molecular flexibility index (Phi) is 7.41. The van der Waals surface area contributed by atoms with Gasteiger partial charge < -0.3 is 15.2 Å². The van der Waals surface area contributed by atoms with Gasteiger partial charge in [0.1, 0.15) is 0 Å². The van der Waals surface area contributed by atoms with E-state index >= 15 is 0 Å². The molecule has 6 nitrogen and oxygen atoms in total. The van der Waals surface area contributed by atoms with Gasteiger partial charge in [-0.05, 0) is 54.7 Å². The fourth-order valence-corrected chi connectivity index (χ4v) is 6.00. The van der Waals surface area contributed by atoms with Gasteiger partial charge in [-0.1, -0.05) is 62.9 Å². The Hall–Kier alpha value is -2.99. The van der Waals surface area contributed by atoms with Crippen molar-refractivity contribution in [1.29, 1.82) is 0 Å². The highest BCUT2D eigenvalue weighted by Gasteiger charge is 2.67. The molecule has 0 radical (unpaired) electrons. The second-order valence-electron chi connectivity index (χ2n) is 10.3. The van der Waals surface area contributed by atoms with Gasteiger partial charge in [0.15, 0.2) is 5.78 Å². The molecule has 1 saturated heterocycles. The van der Waals surface area contributed by atoms with Crippen LogP contribution < -0.4 is 5.32 Å². The molecule has 6 heteroatoms. The Balaban J connectivity index is 1.79. The Morgan fingerprint density at radius 3 is 2.63 bits per heavy atom. The summed E-state index contributed by atoms with van der Waals surface area (Å²) in [6.07, 6.45) is 8.39. The third-order valence-electron chi connectivity index (χ3n) is 7.91. The number of ether oxygens (including phenoxy) is 1. The number of benzene rings is 1. The highest BCUT2D eigenvalue weighted by molar-refractivity contribution is 5.98. The normalized spacial score (nSPS) is 36.1. The Morgan fingerprint density at radius 1 is 1.14 bits per heavy atom. The van der Waals surface area contributed by atoms with Crippen molar-refractivity contribution in [3.63, 3.8) is 0 Å². The zero-order valence-electron chi connectivity index (χ0n) is 20.5. The summed E-state index contributed by atoms with van der Waals surface area (Å²) in [5, 5.41) is 14.4. The largest absolute Gasteiger partial charge is 0.445 e. The molecule has 0 aromatic heterocycles. The van der Waals surface area contributed by atoms with E-state index in [-0.39, 0.29) is 17.7 Å². The van der Waals surface area contributed by atoms with Gasteiger partial charge in [0.05, 0.1) is 12.0 Å². The van der Waals surface area contributed by atoms with Crippen molar-refractivity contribution in [2.45, 2.75) is 63.7 Å².